The molecule has 39 heavy (non-hydrogen) atoms. The molecule has 3 N–H and O–H groups in total. The highest BCUT2D eigenvalue weighted by molar-refractivity contribution is 7.99. The van der Waals surface area contributed by atoms with Crippen LogP contribution in [-0.2, 0) is 14.7 Å². The molecule has 0 amide bonds. The lowest BCUT2D eigenvalue weighted by Crippen LogP contribution is -2.23. The zero-order chi connectivity index (χ0) is 28.1. The maximum absolute atomic E-state index is 12.2. The van der Waals surface area contributed by atoms with Crippen molar-refractivity contribution in [3.05, 3.63) is 65.2 Å². The van der Waals surface area contributed by atoms with Crippen LogP contribution in [0.3, 0.4) is 0 Å². The number of methoxy groups -OCH3 is 1. The van der Waals surface area contributed by atoms with Crippen molar-refractivity contribution in [2.45, 2.75) is 13.8 Å². The predicted molar refractivity (Wildman–Crippen MR) is 153 cm³/mol. The molecular weight excluding hydrogens is 520 g/mol. The number of aromatic hydroxyl groups is 1. The van der Waals surface area contributed by atoms with Gasteiger partial charge >= 0.3 is 5.97 Å². The molecule has 4 aromatic rings. The van der Waals surface area contributed by atoms with Crippen molar-refractivity contribution in [3.8, 4) is 11.5 Å². The summed E-state index contributed by atoms with van der Waals surface area (Å²) >= 11 is 1.78. The van der Waals surface area contributed by atoms with Gasteiger partial charge in [0.1, 0.15) is 11.5 Å². The summed E-state index contributed by atoms with van der Waals surface area (Å²) in [5, 5.41) is 13.1. The Morgan fingerprint density at radius 3 is 2.31 bits per heavy atom. The molecule has 0 aliphatic rings. The number of aryl methyl sites for hydroxylation is 2. The van der Waals surface area contributed by atoms with Crippen LogP contribution in [-0.4, -0.2) is 60.4 Å². The van der Waals surface area contributed by atoms with E-state index in [9.17, 15) is 9.90 Å². The van der Waals surface area contributed by atoms with Gasteiger partial charge in [-0.05, 0) is 87.6 Å². The molecule has 0 saturated heterocycles. The molecule has 4 rings (SSSR count). The highest BCUT2D eigenvalue weighted by atomic mass is 32.2. The molecule has 3 aromatic carbocycles. The molecule has 11 heteroatoms. The number of rotatable bonds is 11. The van der Waals surface area contributed by atoms with Crippen molar-refractivity contribution in [2.24, 2.45) is 5.90 Å². The summed E-state index contributed by atoms with van der Waals surface area (Å²) in [5.41, 5.74) is 4.22. The maximum atomic E-state index is 12.2. The Morgan fingerprint density at radius 2 is 1.67 bits per heavy atom. The van der Waals surface area contributed by atoms with E-state index >= 15 is 0 Å². The number of phenolic OH excluding ortho intramolecular Hbond substituents is 1. The molecule has 206 valence electrons. The average Bonchev–Trinajstić information content (AvgIpc) is 2.90. The van der Waals surface area contributed by atoms with Crippen LogP contribution in [0.2, 0.25) is 0 Å². The Morgan fingerprint density at radius 1 is 1.00 bits per heavy atom. The molecule has 0 atom stereocenters. The van der Waals surface area contributed by atoms with Gasteiger partial charge in [0.15, 0.2) is 0 Å². The first kappa shape index (κ1) is 28.4. The molecule has 1 aromatic heterocycles. The Hall–Kier alpha value is -3.61. The number of nitrogens with zero attached hydrogens (tertiary/aromatic N) is 3. The van der Waals surface area contributed by atoms with E-state index in [1.807, 2.05) is 46.1 Å². The maximum Gasteiger partial charge on any atom is 0.337 e. The molecule has 0 unspecified atom stereocenters. The topological polar surface area (TPSA) is 120 Å². The minimum atomic E-state index is -0.453. The van der Waals surface area contributed by atoms with Gasteiger partial charge in [-0.25, -0.2) is 9.78 Å². The van der Waals surface area contributed by atoms with Gasteiger partial charge in [0.2, 0.25) is 0 Å². The molecule has 0 aliphatic carbocycles. The van der Waals surface area contributed by atoms with Crippen LogP contribution < -0.4 is 15.7 Å². The fourth-order valence-corrected chi connectivity index (χ4v) is 5.10. The molecule has 0 fully saturated rings. The molecule has 1 heterocycles. The van der Waals surface area contributed by atoms with Gasteiger partial charge in [-0.15, -0.1) is 16.8 Å². The standard InChI is InChI=1S/C28H32N4O6S/c1-17-12-19(28(34)35-5)13-18(2)26(17)32(38-37-29)27-22-14-20(33)6-8-24(22)30-25-9-7-21(15-23(25)27)36-10-11-39-16-31(3)4/h6-9,12-15,33H,10-11,16,29H2,1-5H3. The second-order valence-electron chi connectivity index (χ2n) is 9.22. The lowest BCUT2D eigenvalue weighted by atomic mass is 10.0. The summed E-state index contributed by atoms with van der Waals surface area (Å²) in [4.78, 5) is 29.4. The zero-order valence-corrected chi connectivity index (χ0v) is 23.4. The van der Waals surface area contributed by atoms with Gasteiger partial charge in [0.25, 0.3) is 0 Å². The van der Waals surface area contributed by atoms with E-state index in [1.54, 1.807) is 42.1 Å². The number of benzene rings is 3. The van der Waals surface area contributed by atoms with Crippen LogP contribution in [0.15, 0.2) is 48.5 Å². The molecule has 0 aliphatic heterocycles. The molecule has 0 saturated carbocycles. The lowest BCUT2D eigenvalue weighted by molar-refractivity contribution is -0.300. The highest BCUT2D eigenvalue weighted by Crippen LogP contribution is 2.42. The molecule has 0 radical (unpaired) electrons. The van der Waals surface area contributed by atoms with Gasteiger partial charge in [0.05, 0.1) is 41.7 Å². The van der Waals surface area contributed by atoms with E-state index in [-0.39, 0.29) is 5.75 Å². The Balaban J connectivity index is 1.88. The number of aromatic nitrogens is 1. The van der Waals surface area contributed by atoms with Gasteiger partial charge in [-0.2, -0.15) is 11.0 Å². The summed E-state index contributed by atoms with van der Waals surface area (Å²) in [6.07, 6.45) is 0. The minimum absolute atomic E-state index is 0.0540. The third-order valence-corrected chi connectivity index (χ3v) is 7.14. The Labute approximate surface area is 231 Å². The summed E-state index contributed by atoms with van der Waals surface area (Å²) < 4.78 is 10.9. The zero-order valence-electron chi connectivity index (χ0n) is 22.6. The number of pyridine rings is 1. The number of carbonyl (C=O) groups is 1. The van der Waals surface area contributed by atoms with E-state index < -0.39 is 5.97 Å². The van der Waals surface area contributed by atoms with Crippen molar-refractivity contribution in [2.75, 3.05) is 44.5 Å². The summed E-state index contributed by atoms with van der Waals surface area (Å²) in [5.74, 6) is 7.42. The predicted octanol–water partition coefficient (Wildman–Crippen LogP) is 5.00. The van der Waals surface area contributed by atoms with E-state index in [2.05, 4.69) is 4.90 Å². The third kappa shape index (κ3) is 6.35. The average molecular weight is 553 g/mol. The van der Waals surface area contributed by atoms with Crippen LogP contribution in [0, 0.1) is 13.8 Å². The van der Waals surface area contributed by atoms with Crippen molar-refractivity contribution < 1.29 is 29.4 Å². The van der Waals surface area contributed by atoms with E-state index in [4.69, 9.17) is 30.3 Å². The van der Waals surface area contributed by atoms with Crippen LogP contribution in [0.5, 0.6) is 11.5 Å². The Bertz CT molecular complexity index is 1470. The second kappa shape index (κ2) is 12.5. The number of fused-ring (bicyclic) bond motifs is 2. The number of thioether (sulfide) groups is 1. The number of nitrogens with two attached hydrogens (primary N) is 1. The van der Waals surface area contributed by atoms with Crippen molar-refractivity contribution in [1.82, 2.24) is 9.88 Å². The third-order valence-electron chi connectivity index (χ3n) is 5.98. The van der Waals surface area contributed by atoms with Gasteiger partial charge in [-0.1, -0.05) is 4.99 Å². The highest BCUT2D eigenvalue weighted by Gasteiger charge is 2.24. The van der Waals surface area contributed by atoms with E-state index in [0.717, 1.165) is 11.6 Å². The number of phenols is 1. The van der Waals surface area contributed by atoms with Gasteiger partial charge in [-0.3, -0.25) is 0 Å². The smallest absolute Gasteiger partial charge is 0.337 e. The first-order valence-electron chi connectivity index (χ1n) is 12.2. The molecule has 10 nitrogen and oxygen atoms in total. The minimum Gasteiger partial charge on any atom is -0.508 e. The quantitative estimate of drug-likeness (QED) is 0.0653. The van der Waals surface area contributed by atoms with Crippen LogP contribution >= 0.6 is 11.8 Å². The largest absolute Gasteiger partial charge is 0.508 e. The SMILES string of the molecule is COC(=O)c1cc(C)c(N(OON)c2c3cc(O)ccc3nc3ccc(OCCSCN(C)C)cc23)c(C)c1. The number of ether oxygens (including phenoxy) is 2. The number of hydrogen-bond acceptors (Lipinski definition) is 11. The normalized spacial score (nSPS) is 11.4. The van der Waals surface area contributed by atoms with Crippen molar-refractivity contribution in [1.29, 1.82) is 0 Å². The van der Waals surface area contributed by atoms with Gasteiger partial charge < -0.3 is 19.5 Å². The van der Waals surface area contributed by atoms with Crippen LogP contribution in [0.4, 0.5) is 11.4 Å². The van der Waals surface area contributed by atoms with Gasteiger partial charge in [0, 0.05) is 22.4 Å². The first-order chi connectivity index (χ1) is 18.7. The second-order valence-corrected chi connectivity index (χ2v) is 10.3. The Kier molecular flexibility index (Phi) is 9.10. The first-order valence-corrected chi connectivity index (χ1v) is 13.3. The number of hydrogen-bond donors (Lipinski definition) is 2. The van der Waals surface area contributed by atoms with E-state index in [1.165, 1.54) is 12.2 Å². The number of esters is 1. The molecule has 0 spiro atoms. The summed E-state index contributed by atoms with van der Waals surface area (Å²) in [7, 11) is 5.39. The van der Waals surface area contributed by atoms with Crippen LogP contribution in [0.25, 0.3) is 21.8 Å². The van der Waals surface area contributed by atoms with Crippen molar-refractivity contribution in [3.63, 3.8) is 0 Å². The van der Waals surface area contributed by atoms with Crippen molar-refractivity contribution >= 4 is 50.9 Å². The summed E-state index contributed by atoms with van der Waals surface area (Å²) in [6, 6.07) is 13.9. The van der Waals surface area contributed by atoms with E-state index in [0.29, 0.717) is 62.2 Å². The number of carbonyl (C=O) groups excluding carboxylic acids is 1. The fourth-order valence-electron chi connectivity index (χ4n) is 4.40. The lowest BCUT2D eigenvalue weighted by Gasteiger charge is -2.27. The number of anilines is 2. The van der Waals surface area contributed by atoms with Crippen LogP contribution in [0.1, 0.15) is 21.5 Å². The monoisotopic (exact) mass is 552 g/mol. The fraction of sp³-hybridized carbons (Fsp3) is 0.286. The molecule has 0 bridgehead atoms. The molecular formula is C28H32N4O6S. The summed E-state index contributed by atoms with van der Waals surface area (Å²) in [6.45, 7) is 4.20.